The van der Waals surface area contributed by atoms with Gasteiger partial charge in [-0.25, -0.2) is 4.79 Å². The highest BCUT2D eigenvalue weighted by atomic mass is 19.4. The van der Waals surface area contributed by atoms with Crippen LogP contribution in [0.25, 0.3) is 0 Å². The molecule has 1 aliphatic rings. The molecule has 1 N–H and O–H groups in total. The van der Waals surface area contributed by atoms with Gasteiger partial charge in [0.05, 0.1) is 24.4 Å². The van der Waals surface area contributed by atoms with Gasteiger partial charge in [0.1, 0.15) is 5.60 Å². The van der Waals surface area contributed by atoms with Gasteiger partial charge in [0.25, 0.3) is 11.6 Å². The summed E-state index contributed by atoms with van der Waals surface area (Å²) in [5.41, 5.74) is -2.47. The second-order valence-electron chi connectivity index (χ2n) is 9.65. The average Bonchev–Trinajstić information content (AvgIpc) is 3.05. The van der Waals surface area contributed by atoms with Gasteiger partial charge in [0.2, 0.25) is 0 Å². The number of amides is 2. The minimum atomic E-state index is -4.62. The van der Waals surface area contributed by atoms with Crippen molar-refractivity contribution in [1.82, 2.24) is 5.32 Å². The number of fused-ring (bicyclic) bond motifs is 1. The van der Waals surface area contributed by atoms with E-state index in [0.717, 1.165) is 11.6 Å². The Morgan fingerprint density at radius 2 is 1.54 bits per heavy atom. The van der Waals surface area contributed by atoms with E-state index >= 15 is 0 Å². The SMILES string of the molecule is CC(C)(C)OC(=O)N[C@]1(OCc2ccccc2C(F)(F)F)C(=O)N(Cc2ccccc2)c2ccccc21. The Balaban J connectivity index is 1.76. The molecule has 194 valence electrons. The minimum Gasteiger partial charge on any atom is -0.444 e. The number of halogens is 3. The number of alkyl halides is 3. The third-order valence-corrected chi connectivity index (χ3v) is 5.75. The van der Waals surface area contributed by atoms with Gasteiger partial charge in [-0.3, -0.25) is 10.1 Å². The third-order valence-electron chi connectivity index (χ3n) is 5.75. The van der Waals surface area contributed by atoms with Crippen LogP contribution in [0, 0.1) is 0 Å². The van der Waals surface area contributed by atoms with Crippen LogP contribution in [0.3, 0.4) is 0 Å². The molecule has 1 aliphatic heterocycles. The van der Waals surface area contributed by atoms with Crippen molar-refractivity contribution in [2.75, 3.05) is 4.90 Å². The highest BCUT2D eigenvalue weighted by Gasteiger charge is 2.54. The maximum atomic E-state index is 14.0. The first-order chi connectivity index (χ1) is 17.4. The van der Waals surface area contributed by atoms with Crippen molar-refractivity contribution in [2.45, 2.75) is 51.4 Å². The number of para-hydroxylation sites is 1. The Morgan fingerprint density at radius 3 is 2.22 bits per heavy atom. The Hall–Kier alpha value is -3.85. The van der Waals surface area contributed by atoms with Crippen molar-refractivity contribution in [3.63, 3.8) is 0 Å². The highest BCUT2D eigenvalue weighted by molar-refractivity contribution is 6.08. The van der Waals surface area contributed by atoms with Crippen LogP contribution in [0.1, 0.15) is 43.0 Å². The fraction of sp³-hybridized carbons (Fsp3) is 0.286. The Bertz CT molecular complexity index is 1290. The van der Waals surface area contributed by atoms with E-state index in [1.165, 1.54) is 23.1 Å². The number of ether oxygens (including phenoxy) is 2. The predicted octanol–water partition coefficient (Wildman–Crippen LogP) is 6.15. The molecule has 2 amide bonds. The van der Waals surface area contributed by atoms with Gasteiger partial charge in [-0.05, 0) is 44.0 Å². The zero-order valence-corrected chi connectivity index (χ0v) is 20.6. The predicted molar refractivity (Wildman–Crippen MR) is 131 cm³/mol. The summed E-state index contributed by atoms with van der Waals surface area (Å²) >= 11 is 0. The van der Waals surface area contributed by atoms with E-state index in [-0.39, 0.29) is 12.1 Å². The molecule has 0 unspecified atom stereocenters. The first-order valence-electron chi connectivity index (χ1n) is 11.7. The molecule has 37 heavy (non-hydrogen) atoms. The number of nitrogens with one attached hydrogen (secondary N) is 1. The van der Waals surface area contributed by atoms with E-state index in [2.05, 4.69) is 5.32 Å². The lowest BCUT2D eigenvalue weighted by Gasteiger charge is -2.31. The van der Waals surface area contributed by atoms with Crippen LogP contribution in [0.15, 0.2) is 78.9 Å². The number of anilines is 1. The van der Waals surface area contributed by atoms with Crippen LogP contribution in [-0.2, 0) is 39.3 Å². The molecule has 3 aromatic carbocycles. The summed E-state index contributed by atoms with van der Waals surface area (Å²) in [6.45, 7) is 4.55. The molecule has 4 rings (SSSR count). The molecular formula is C28H27F3N2O4. The number of benzene rings is 3. The number of alkyl carbamates (subject to hydrolysis) is 1. The molecule has 6 nitrogen and oxygen atoms in total. The van der Waals surface area contributed by atoms with Crippen LogP contribution in [0.5, 0.6) is 0 Å². The maximum Gasteiger partial charge on any atom is 0.416 e. The second kappa shape index (κ2) is 9.89. The van der Waals surface area contributed by atoms with Gasteiger partial charge in [-0.1, -0.05) is 66.7 Å². The summed E-state index contributed by atoms with van der Waals surface area (Å²) in [6, 6.07) is 20.8. The topological polar surface area (TPSA) is 67.9 Å². The van der Waals surface area contributed by atoms with Crippen LogP contribution in [0.2, 0.25) is 0 Å². The van der Waals surface area contributed by atoms with Crippen LogP contribution in [0.4, 0.5) is 23.7 Å². The summed E-state index contributed by atoms with van der Waals surface area (Å²) in [6.07, 6.45) is -5.57. The lowest BCUT2D eigenvalue weighted by Crippen LogP contribution is -2.55. The fourth-order valence-electron chi connectivity index (χ4n) is 4.20. The maximum absolute atomic E-state index is 14.0. The van der Waals surface area contributed by atoms with E-state index in [1.54, 1.807) is 45.0 Å². The molecule has 3 aromatic rings. The van der Waals surface area contributed by atoms with Crippen molar-refractivity contribution in [3.05, 3.63) is 101 Å². The van der Waals surface area contributed by atoms with Crippen LogP contribution in [-0.4, -0.2) is 17.6 Å². The fourth-order valence-corrected chi connectivity index (χ4v) is 4.20. The number of hydrogen-bond donors (Lipinski definition) is 1. The number of hydrogen-bond acceptors (Lipinski definition) is 4. The summed E-state index contributed by atoms with van der Waals surface area (Å²) in [7, 11) is 0. The largest absolute Gasteiger partial charge is 0.444 e. The van der Waals surface area contributed by atoms with Gasteiger partial charge >= 0.3 is 12.3 Å². The van der Waals surface area contributed by atoms with Crippen LogP contribution >= 0.6 is 0 Å². The molecule has 0 aromatic heterocycles. The first-order valence-corrected chi connectivity index (χ1v) is 11.7. The van der Waals surface area contributed by atoms with E-state index in [0.29, 0.717) is 11.3 Å². The molecule has 0 saturated carbocycles. The number of nitrogens with zero attached hydrogens (tertiary/aromatic N) is 1. The van der Waals surface area contributed by atoms with Crippen LogP contribution < -0.4 is 10.2 Å². The molecular weight excluding hydrogens is 485 g/mol. The number of carbonyl (C=O) groups excluding carboxylic acids is 2. The summed E-state index contributed by atoms with van der Waals surface area (Å²) in [5.74, 6) is -0.645. The van der Waals surface area contributed by atoms with E-state index in [9.17, 15) is 22.8 Å². The smallest absolute Gasteiger partial charge is 0.416 e. The summed E-state index contributed by atoms with van der Waals surface area (Å²) in [4.78, 5) is 28.4. The molecule has 0 saturated heterocycles. The van der Waals surface area contributed by atoms with E-state index in [4.69, 9.17) is 9.47 Å². The van der Waals surface area contributed by atoms with Gasteiger partial charge in [0, 0.05) is 5.56 Å². The highest BCUT2D eigenvalue weighted by Crippen LogP contribution is 2.43. The molecule has 0 bridgehead atoms. The Labute approximate surface area is 213 Å². The van der Waals surface area contributed by atoms with E-state index in [1.807, 2.05) is 30.3 Å². The summed E-state index contributed by atoms with van der Waals surface area (Å²) < 4.78 is 52.3. The summed E-state index contributed by atoms with van der Waals surface area (Å²) in [5, 5.41) is 2.54. The lowest BCUT2D eigenvalue weighted by atomic mass is 10.0. The molecule has 0 fully saturated rings. The zero-order chi connectivity index (χ0) is 26.8. The molecule has 0 aliphatic carbocycles. The number of carbonyl (C=O) groups is 2. The average molecular weight is 513 g/mol. The van der Waals surface area contributed by atoms with Crippen molar-refractivity contribution in [3.8, 4) is 0 Å². The minimum absolute atomic E-state index is 0.164. The van der Waals surface area contributed by atoms with Crippen molar-refractivity contribution in [1.29, 1.82) is 0 Å². The molecule has 1 heterocycles. The van der Waals surface area contributed by atoms with E-state index < -0.39 is 41.7 Å². The van der Waals surface area contributed by atoms with Gasteiger partial charge in [0.15, 0.2) is 0 Å². The molecule has 1 atom stereocenters. The lowest BCUT2D eigenvalue weighted by molar-refractivity contribution is -0.153. The standard InChI is InChI=1S/C28H27F3N2O4/c1-26(2,3)37-25(35)32-27(36-18-20-13-7-8-14-21(20)28(29,30)31)22-15-9-10-16-23(22)33(24(27)34)17-19-11-5-4-6-12-19/h4-16H,17-18H2,1-3H3,(H,32,35)/t27-/m1/s1. The van der Waals surface area contributed by atoms with Gasteiger partial charge in [-0.2, -0.15) is 13.2 Å². The molecule has 9 heteroatoms. The molecule has 0 spiro atoms. The Kier molecular flexibility index (Phi) is 7.01. The van der Waals surface area contributed by atoms with Crippen molar-refractivity contribution in [2.24, 2.45) is 0 Å². The second-order valence-corrected chi connectivity index (χ2v) is 9.65. The van der Waals surface area contributed by atoms with Gasteiger partial charge in [-0.15, -0.1) is 0 Å². The third kappa shape index (κ3) is 5.61. The van der Waals surface area contributed by atoms with Crippen molar-refractivity contribution < 1.29 is 32.2 Å². The van der Waals surface area contributed by atoms with Gasteiger partial charge < -0.3 is 14.4 Å². The normalized spacial score (nSPS) is 17.5. The Morgan fingerprint density at radius 1 is 0.919 bits per heavy atom. The molecule has 0 radical (unpaired) electrons. The van der Waals surface area contributed by atoms with Crippen molar-refractivity contribution >= 4 is 17.7 Å². The monoisotopic (exact) mass is 512 g/mol. The number of rotatable bonds is 6. The quantitative estimate of drug-likeness (QED) is 0.403. The zero-order valence-electron chi connectivity index (χ0n) is 20.6. The first kappa shape index (κ1) is 26.2.